The number of aromatic nitrogens is 2. The highest BCUT2D eigenvalue weighted by Gasteiger charge is 2.33. The number of H-pyrrole nitrogens is 1. The maximum atomic E-state index is 13.4. The van der Waals surface area contributed by atoms with E-state index in [1.165, 1.54) is 35.2 Å². The fourth-order valence-electron chi connectivity index (χ4n) is 5.16. The van der Waals surface area contributed by atoms with Crippen molar-refractivity contribution in [1.29, 1.82) is 0 Å². The summed E-state index contributed by atoms with van der Waals surface area (Å²) in [5.41, 5.74) is 5.31. The molecule has 1 aliphatic carbocycles. The summed E-state index contributed by atoms with van der Waals surface area (Å²) in [4.78, 5) is 44.6. The van der Waals surface area contributed by atoms with Gasteiger partial charge in [-0.1, -0.05) is 46.5 Å². The molecule has 2 aliphatic rings. The lowest BCUT2D eigenvalue weighted by atomic mass is 9.75. The monoisotopic (exact) mass is 433 g/mol. The number of amides is 1. The van der Waals surface area contributed by atoms with Gasteiger partial charge in [-0.3, -0.25) is 24.0 Å². The Hall–Kier alpha value is -2.09. The number of piperidine rings is 1. The van der Waals surface area contributed by atoms with Gasteiger partial charge in [0.2, 0.25) is 5.91 Å². The van der Waals surface area contributed by atoms with E-state index in [4.69, 9.17) is 5.73 Å². The first-order valence-electron chi connectivity index (χ1n) is 12.0. The number of aromatic amines is 1. The Morgan fingerprint density at radius 3 is 2.58 bits per heavy atom. The predicted molar refractivity (Wildman–Crippen MR) is 124 cm³/mol. The smallest absolute Gasteiger partial charge is 0.330 e. The van der Waals surface area contributed by atoms with E-state index in [0.29, 0.717) is 19.0 Å². The number of hydrogen-bond donors (Lipinski definition) is 2. The molecule has 1 aliphatic heterocycles. The minimum Gasteiger partial charge on any atom is -0.383 e. The first kappa shape index (κ1) is 23.6. The third kappa shape index (κ3) is 5.59. The van der Waals surface area contributed by atoms with Gasteiger partial charge in [0.25, 0.3) is 5.56 Å². The largest absolute Gasteiger partial charge is 0.383 e. The number of nitrogens with two attached hydrogens (primary N) is 1. The number of nitrogens with zero attached hydrogens (tertiary/aromatic N) is 3. The van der Waals surface area contributed by atoms with E-state index in [0.717, 1.165) is 38.3 Å². The zero-order valence-electron chi connectivity index (χ0n) is 19.4. The number of nitrogens with one attached hydrogen (secondary N) is 1. The summed E-state index contributed by atoms with van der Waals surface area (Å²) in [6.07, 6.45) is 7.99. The molecule has 2 heterocycles. The molecule has 8 heteroatoms. The van der Waals surface area contributed by atoms with Crippen molar-refractivity contribution in [1.82, 2.24) is 14.5 Å². The summed E-state index contributed by atoms with van der Waals surface area (Å²) >= 11 is 0. The molecule has 3 N–H and O–H groups in total. The molecule has 2 fully saturated rings. The number of unbranched alkanes of at least 4 members (excludes halogenated alkanes) is 1. The number of carbonyl (C=O) groups is 1. The highest BCUT2D eigenvalue weighted by molar-refractivity contribution is 5.96. The Labute approximate surface area is 184 Å². The molecule has 0 aromatic carbocycles. The predicted octanol–water partition coefficient (Wildman–Crippen LogP) is 2.42. The van der Waals surface area contributed by atoms with Crippen LogP contribution in [-0.2, 0) is 11.3 Å². The summed E-state index contributed by atoms with van der Waals surface area (Å²) in [7, 11) is 0. The highest BCUT2D eigenvalue weighted by Crippen LogP contribution is 2.36. The van der Waals surface area contributed by atoms with Crippen LogP contribution < -0.4 is 21.9 Å². The maximum Gasteiger partial charge on any atom is 0.330 e. The number of likely N-dealkylation sites (tertiary alicyclic amines) is 1. The zero-order valence-corrected chi connectivity index (χ0v) is 19.4. The van der Waals surface area contributed by atoms with Gasteiger partial charge >= 0.3 is 5.69 Å². The van der Waals surface area contributed by atoms with Crippen LogP contribution in [0.5, 0.6) is 0 Å². The van der Waals surface area contributed by atoms with Crippen molar-refractivity contribution in [2.24, 2.45) is 17.8 Å². The summed E-state index contributed by atoms with van der Waals surface area (Å²) in [6, 6.07) is 0. The molecule has 1 saturated heterocycles. The van der Waals surface area contributed by atoms with Gasteiger partial charge < -0.3 is 10.6 Å². The molecule has 0 spiro atoms. The van der Waals surface area contributed by atoms with Crippen molar-refractivity contribution in [3.63, 3.8) is 0 Å². The molecule has 2 atom stereocenters. The van der Waals surface area contributed by atoms with Crippen molar-refractivity contribution in [2.75, 3.05) is 36.8 Å². The molecule has 3 rings (SSSR count). The quantitative estimate of drug-likeness (QED) is 0.655. The Morgan fingerprint density at radius 1 is 1.19 bits per heavy atom. The number of nitrogen functional groups attached to an aromatic ring is 1. The minimum absolute atomic E-state index is 0.0814. The number of rotatable bonds is 8. The number of fused-ring (bicyclic) bond motifs is 1. The molecule has 1 aromatic rings. The lowest BCUT2D eigenvalue weighted by molar-refractivity contribution is -0.120. The Balaban J connectivity index is 1.83. The second-order valence-corrected chi connectivity index (χ2v) is 9.72. The Bertz CT molecular complexity index is 875. The van der Waals surface area contributed by atoms with Crippen LogP contribution in [0.3, 0.4) is 0 Å². The van der Waals surface area contributed by atoms with E-state index >= 15 is 0 Å². The van der Waals surface area contributed by atoms with Crippen LogP contribution in [0.15, 0.2) is 9.59 Å². The van der Waals surface area contributed by atoms with E-state index in [1.807, 2.05) is 20.8 Å². The third-order valence-electron chi connectivity index (χ3n) is 6.80. The molecule has 174 valence electrons. The first-order chi connectivity index (χ1) is 14.8. The van der Waals surface area contributed by atoms with Crippen molar-refractivity contribution in [3.05, 3.63) is 20.8 Å². The van der Waals surface area contributed by atoms with E-state index < -0.39 is 11.2 Å². The van der Waals surface area contributed by atoms with Crippen LogP contribution in [-0.4, -0.2) is 46.5 Å². The Kier molecular flexibility index (Phi) is 7.97. The average Bonchev–Trinajstić information content (AvgIpc) is 2.73. The number of hydrogen-bond acceptors (Lipinski definition) is 5. The van der Waals surface area contributed by atoms with Gasteiger partial charge in [0, 0.05) is 19.6 Å². The molecule has 1 aromatic heterocycles. The van der Waals surface area contributed by atoms with Crippen LogP contribution >= 0.6 is 0 Å². The summed E-state index contributed by atoms with van der Waals surface area (Å²) in [6.45, 7) is 8.97. The molecule has 0 unspecified atom stereocenters. The van der Waals surface area contributed by atoms with Crippen molar-refractivity contribution >= 4 is 17.4 Å². The van der Waals surface area contributed by atoms with E-state index in [2.05, 4.69) is 9.88 Å². The third-order valence-corrected chi connectivity index (χ3v) is 6.80. The van der Waals surface area contributed by atoms with E-state index in [-0.39, 0.29) is 29.9 Å². The van der Waals surface area contributed by atoms with E-state index in [1.54, 1.807) is 0 Å². The van der Waals surface area contributed by atoms with E-state index in [9.17, 15) is 14.4 Å². The van der Waals surface area contributed by atoms with Crippen molar-refractivity contribution in [3.8, 4) is 0 Å². The fraction of sp³-hybridized carbons (Fsp3) is 0.783. The van der Waals surface area contributed by atoms with Crippen molar-refractivity contribution < 1.29 is 4.79 Å². The first-order valence-corrected chi connectivity index (χ1v) is 12.0. The molecular weight excluding hydrogens is 394 g/mol. The van der Waals surface area contributed by atoms with Crippen LogP contribution in [0.4, 0.5) is 11.5 Å². The van der Waals surface area contributed by atoms with Crippen LogP contribution in [0, 0.1) is 17.8 Å². The molecule has 1 saturated carbocycles. The molecular formula is C23H39N5O3. The van der Waals surface area contributed by atoms with Crippen LogP contribution in [0.1, 0.15) is 65.7 Å². The summed E-state index contributed by atoms with van der Waals surface area (Å²) < 4.78 is 1.38. The maximum absolute atomic E-state index is 13.4. The van der Waals surface area contributed by atoms with Crippen LogP contribution in [0.25, 0.3) is 0 Å². The molecule has 0 radical (unpaired) electrons. The minimum atomic E-state index is -0.585. The fourth-order valence-corrected chi connectivity index (χ4v) is 5.16. The van der Waals surface area contributed by atoms with Gasteiger partial charge in [-0.15, -0.1) is 0 Å². The van der Waals surface area contributed by atoms with Gasteiger partial charge in [-0.25, -0.2) is 4.79 Å². The van der Waals surface area contributed by atoms with Gasteiger partial charge in [-0.05, 0) is 43.6 Å². The molecule has 8 nitrogen and oxygen atoms in total. The normalized spacial score (nSPS) is 21.8. The topological polar surface area (TPSA) is 104 Å². The lowest BCUT2D eigenvalue weighted by Gasteiger charge is -2.41. The van der Waals surface area contributed by atoms with Crippen LogP contribution in [0.2, 0.25) is 0 Å². The molecule has 0 bridgehead atoms. The van der Waals surface area contributed by atoms with Gasteiger partial charge in [0.15, 0.2) is 5.69 Å². The number of carbonyl (C=O) groups excluding carboxylic acids is 1. The van der Waals surface area contributed by atoms with Gasteiger partial charge in [0.05, 0.1) is 6.54 Å². The highest BCUT2D eigenvalue weighted by atomic mass is 16.2. The van der Waals surface area contributed by atoms with Gasteiger partial charge in [0.1, 0.15) is 5.82 Å². The lowest BCUT2D eigenvalue weighted by Crippen LogP contribution is -2.49. The molecule has 1 amide bonds. The van der Waals surface area contributed by atoms with Gasteiger partial charge in [-0.2, -0.15) is 0 Å². The second-order valence-electron chi connectivity index (χ2n) is 9.72. The molecule has 31 heavy (non-hydrogen) atoms. The summed E-state index contributed by atoms with van der Waals surface area (Å²) in [5, 5.41) is 0. The Morgan fingerprint density at radius 2 is 1.90 bits per heavy atom. The standard InChI is InChI=1S/C23H39N5O3/c1-4-5-11-27(20-21(24)28(13-16(2)3)23(31)25-22(20)30)19(29)15-26-12-10-17-8-6-7-9-18(17)14-26/h16-18H,4-15,24H2,1-3H3,(H,25,30,31)/t17-,18-/m1/s1. The zero-order chi connectivity index (χ0) is 22.5. The summed E-state index contributed by atoms with van der Waals surface area (Å²) in [5.74, 6) is 1.62. The second kappa shape index (κ2) is 10.5. The number of anilines is 2. The van der Waals surface area contributed by atoms with Crippen molar-refractivity contribution in [2.45, 2.75) is 72.3 Å². The SMILES string of the molecule is CCCCN(C(=O)CN1CC[C@H]2CCCC[C@@H]2C1)c1c(N)n(CC(C)C)c(=O)[nH]c1=O. The average molecular weight is 434 g/mol.